The Labute approximate surface area is 186 Å². The Morgan fingerprint density at radius 2 is 1.65 bits per heavy atom. The average Bonchev–Trinajstić information content (AvgIpc) is 2.77. The smallest absolute Gasteiger partial charge is 0.340 e. The van der Waals surface area contributed by atoms with Crippen molar-refractivity contribution in [3.8, 4) is 11.5 Å². The molecule has 168 valence electrons. The summed E-state index contributed by atoms with van der Waals surface area (Å²) in [5.74, 6) is -0.646. The van der Waals surface area contributed by atoms with E-state index >= 15 is 0 Å². The van der Waals surface area contributed by atoms with E-state index in [0.717, 1.165) is 6.07 Å². The molecule has 2 aromatic rings. The number of benzene rings is 2. The summed E-state index contributed by atoms with van der Waals surface area (Å²) in [5.41, 5.74) is 0.0597. The highest BCUT2D eigenvalue weighted by Crippen LogP contribution is 2.26. The summed E-state index contributed by atoms with van der Waals surface area (Å²) in [5, 5.41) is 0.0120. The maximum Gasteiger partial charge on any atom is 0.340 e. The zero-order valence-electron chi connectivity index (χ0n) is 17.7. The van der Waals surface area contributed by atoms with Gasteiger partial charge in [0.1, 0.15) is 11.5 Å². The summed E-state index contributed by atoms with van der Waals surface area (Å²) in [6, 6.07) is 8.39. The minimum atomic E-state index is -3.79. The van der Waals surface area contributed by atoms with Gasteiger partial charge in [0, 0.05) is 19.2 Å². The second-order valence-corrected chi connectivity index (χ2v) is 8.64. The van der Waals surface area contributed by atoms with E-state index in [9.17, 15) is 18.0 Å². The van der Waals surface area contributed by atoms with Crippen LogP contribution in [0.4, 0.5) is 0 Å². The standard InChI is InChI=1S/C21H24ClNO7S/c1-5-23(6-2)31(26,27)15-8-10-18(22)17(12-15)21(25)30-13-19(24)16-9-7-14(28-3)11-20(16)29-4/h7-12H,5-6,13H2,1-4H3. The number of halogens is 1. The number of hydrogen-bond acceptors (Lipinski definition) is 7. The van der Waals surface area contributed by atoms with Gasteiger partial charge in [0.05, 0.1) is 35.3 Å². The summed E-state index contributed by atoms with van der Waals surface area (Å²) in [6.07, 6.45) is 0. The van der Waals surface area contributed by atoms with E-state index in [1.54, 1.807) is 19.9 Å². The molecule has 0 aromatic heterocycles. The molecule has 0 bridgehead atoms. The molecule has 2 rings (SSSR count). The number of sulfonamides is 1. The van der Waals surface area contributed by atoms with Gasteiger partial charge < -0.3 is 14.2 Å². The quantitative estimate of drug-likeness (QED) is 0.388. The fraction of sp³-hybridized carbons (Fsp3) is 0.333. The molecule has 0 aliphatic carbocycles. The summed E-state index contributed by atoms with van der Waals surface area (Å²) in [6.45, 7) is 3.40. The van der Waals surface area contributed by atoms with E-state index in [0.29, 0.717) is 5.75 Å². The fourth-order valence-electron chi connectivity index (χ4n) is 2.85. The SMILES string of the molecule is CCN(CC)S(=O)(=O)c1ccc(Cl)c(C(=O)OCC(=O)c2ccc(OC)cc2OC)c1. The Hall–Kier alpha value is -2.62. The number of esters is 1. The van der Waals surface area contributed by atoms with Crippen LogP contribution < -0.4 is 9.47 Å². The fourth-order valence-corrected chi connectivity index (χ4v) is 4.53. The minimum absolute atomic E-state index is 0.0120. The number of rotatable bonds is 10. The van der Waals surface area contributed by atoms with Crippen LogP contribution in [0.1, 0.15) is 34.6 Å². The van der Waals surface area contributed by atoms with E-state index in [2.05, 4.69) is 0 Å². The van der Waals surface area contributed by atoms with Crippen molar-refractivity contribution in [2.24, 2.45) is 0 Å². The molecule has 10 heteroatoms. The molecule has 0 aliphatic heterocycles. The molecular formula is C21H24ClNO7S. The monoisotopic (exact) mass is 469 g/mol. The third-order valence-electron chi connectivity index (χ3n) is 4.54. The van der Waals surface area contributed by atoms with E-state index < -0.39 is 28.4 Å². The number of ketones is 1. The molecule has 0 spiro atoms. The van der Waals surface area contributed by atoms with Crippen molar-refractivity contribution in [2.75, 3.05) is 33.9 Å². The molecule has 31 heavy (non-hydrogen) atoms. The van der Waals surface area contributed by atoms with Crippen molar-refractivity contribution in [3.05, 3.63) is 52.5 Å². The number of methoxy groups -OCH3 is 2. The second-order valence-electron chi connectivity index (χ2n) is 6.30. The first kappa shape index (κ1) is 24.6. The van der Waals surface area contributed by atoms with Crippen LogP contribution in [0.15, 0.2) is 41.3 Å². The van der Waals surface area contributed by atoms with E-state index in [4.69, 9.17) is 25.8 Å². The first-order chi connectivity index (χ1) is 14.7. The Balaban J connectivity index is 2.22. The van der Waals surface area contributed by atoms with Gasteiger partial charge in [0.2, 0.25) is 15.8 Å². The number of Topliss-reactive ketones (excluding diaryl/α,β-unsaturated/α-hetero) is 1. The van der Waals surface area contributed by atoms with Crippen LogP contribution in [0, 0.1) is 0 Å². The number of carbonyl (C=O) groups excluding carboxylic acids is 2. The largest absolute Gasteiger partial charge is 0.497 e. The predicted molar refractivity (Wildman–Crippen MR) is 116 cm³/mol. The molecule has 0 atom stereocenters. The molecule has 0 amide bonds. The van der Waals surface area contributed by atoms with Gasteiger partial charge in [0.15, 0.2) is 6.61 Å². The number of hydrogen-bond donors (Lipinski definition) is 0. The molecule has 0 saturated heterocycles. The number of ether oxygens (including phenoxy) is 3. The van der Waals surface area contributed by atoms with Gasteiger partial charge in [-0.05, 0) is 30.3 Å². The molecule has 0 heterocycles. The highest BCUT2D eigenvalue weighted by molar-refractivity contribution is 7.89. The highest BCUT2D eigenvalue weighted by atomic mass is 35.5. The first-order valence-corrected chi connectivity index (χ1v) is 11.2. The summed E-state index contributed by atoms with van der Waals surface area (Å²) < 4.78 is 42.0. The van der Waals surface area contributed by atoms with Crippen molar-refractivity contribution in [1.82, 2.24) is 4.31 Å². The Morgan fingerprint density at radius 1 is 0.968 bits per heavy atom. The zero-order valence-corrected chi connectivity index (χ0v) is 19.2. The van der Waals surface area contributed by atoms with Crippen LogP contribution in [-0.2, 0) is 14.8 Å². The molecule has 0 N–H and O–H groups in total. The lowest BCUT2D eigenvalue weighted by molar-refractivity contribution is 0.0474. The van der Waals surface area contributed by atoms with Crippen LogP contribution in [-0.4, -0.2) is 58.4 Å². The third kappa shape index (κ3) is 5.55. The lowest BCUT2D eigenvalue weighted by Crippen LogP contribution is -2.30. The predicted octanol–water partition coefficient (Wildman–Crippen LogP) is 3.43. The van der Waals surface area contributed by atoms with Crippen LogP contribution >= 0.6 is 11.6 Å². The van der Waals surface area contributed by atoms with Crippen molar-refractivity contribution in [3.63, 3.8) is 0 Å². The maximum atomic E-state index is 12.7. The van der Waals surface area contributed by atoms with Crippen LogP contribution in [0.3, 0.4) is 0 Å². The lowest BCUT2D eigenvalue weighted by atomic mass is 10.1. The highest BCUT2D eigenvalue weighted by Gasteiger charge is 2.25. The number of nitrogens with zero attached hydrogens (tertiary/aromatic N) is 1. The van der Waals surface area contributed by atoms with E-state index in [-0.39, 0.29) is 39.9 Å². The zero-order chi connectivity index (χ0) is 23.2. The Kier molecular flexibility index (Phi) is 8.43. The van der Waals surface area contributed by atoms with Gasteiger partial charge >= 0.3 is 5.97 Å². The molecule has 8 nitrogen and oxygen atoms in total. The summed E-state index contributed by atoms with van der Waals surface area (Å²) in [4.78, 5) is 24.9. The van der Waals surface area contributed by atoms with Crippen molar-refractivity contribution in [2.45, 2.75) is 18.7 Å². The van der Waals surface area contributed by atoms with E-state index in [1.807, 2.05) is 0 Å². The normalized spacial score (nSPS) is 11.3. The van der Waals surface area contributed by atoms with Crippen molar-refractivity contribution < 1.29 is 32.2 Å². The lowest BCUT2D eigenvalue weighted by Gasteiger charge is -2.19. The molecule has 0 unspecified atom stereocenters. The van der Waals surface area contributed by atoms with Gasteiger partial charge in [0.25, 0.3) is 0 Å². The Morgan fingerprint density at radius 3 is 2.23 bits per heavy atom. The van der Waals surface area contributed by atoms with Crippen LogP contribution in [0.2, 0.25) is 5.02 Å². The molecule has 2 aromatic carbocycles. The molecular weight excluding hydrogens is 446 g/mol. The molecule has 0 saturated carbocycles. The minimum Gasteiger partial charge on any atom is -0.497 e. The van der Waals surface area contributed by atoms with E-state index in [1.165, 1.54) is 42.8 Å². The van der Waals surface area contributed by atoms with Gasteiger partial charge in [-0.15, -0.1) is 0 Å². The first-order valence-electron chi connectivity index (χ1n) is 9.41. The second kappa shape index (κ2) is 10.6. The van der Waals surface area contributed by atoms with Crippen molar-refractivity contribution in [1.29, 1.82) is 0 Å². The summed E-state index contributed by atoms with van der Waals surface area (Å²) in [7, 11) is -0.908. The number of carbonyl (C=O) groups is 2. The van der Waals surface area contributed by atoms with Crippen LogP contribution in [0.5, 0.6) is 11.5 Å². The molecule has 0 aliphatic rings. The average molecular weight is 470 g/mol. The molecule has 0 fully saturated rings. The maximum absolute atomic E-state index is 12.7. The van der Waals surface area contributed by atoms with Gasteiger partial charge in [-0.2, -0.15) is 4.31 Å². The molecule has 0 radical (unpaired) electrons. The van der Waals surface area contributed by atoms with Gasteiger partial charge in [-0.3, -0.25) is 4.79 Å². The Bertz CT molecular complexity index is 1070. The van der Waals surface area contributed by atoms with Crippen molar-refractivity contribution >= 4 is 33.4 Å². The van der Waals surface area contributed by atoms with Gasteiger partial charge in [-0.1, -0.05) is 25.4 Å². The topological polar surface area (TPSA) is 99.2 Å². The summed E-state index contributed by atoms with van der Waals surface area (Å²) >= 11 is 6.07. The van der Waals surface area contributed by atoms with Gasteiger partial charge in [-0.25, -0.2) is 13.2 Å². The third-order valence-corrected chi connectivity index (χ3v) is 6.92. The van der Waals surface area contributed by atoms with Crippen LogP contribution in [0.25, 0.3) is 0 Å².